The first-order valence-corrected chi connectivity index (χ1v) is 9.20. The van der Waals surface area contributed by atoms with E-state index in [4.69, 9.17) is 4.74 Å². The first-order valence-electron chi connectivity index (χ1n) is 9.20. The number of nitrogens with zero attached hydrogens (tertiary/aromatic N) is 2. The van der Waals surface area contributed by atoms with Gasteiger partial charge in [0.25, 0.3) is 0 Å². The zero-order valence-electron chi connectivity index (χ0n) is 15.7. The van der Waals surface area contributed by atoms with E-state index in [-0.39, 0.29) is 17.7 Å². The maximum absolute atomic E-state index is 12.5. The van der Waals surface area contributed by atoms with Crippen molar-refractivity contribution in [2.75, 3.05) is 33.8 Å². The van der Waals surface area contributed by atoms with Gasteiger partial charge in [-0.3, -0.25) is 9.59 Å². The molecule has 2 rings (SSSR count). The molecule has 1 aromatic carbocycles. The van der Waals surface area contributed by atoms with Gasteiger partial charge in [0.15, 0.2) is 0 Å². The SMILES string of the molecule is CCCCN(C)C(=O)C1CCN(C(=O)Cc2ccc(OC)cc2)CC1. The summed E-state index contributed by atoms with van der Waals surface area (Å²) in [6.07, 6.45) is 4.07. The number of ether oxygens (including phenoxy) is 1. The van der Waals surface area contributed by atoms with Gasteiger partial charge in [-0.25, -0.2) is 0 Å². The molecule has 1 saturated heterocycles. The van der Waals surface area contributed by atoms with Crippen LogP contribution in [0.4, 0.5) is 0 Å². The number of likely N-dealkylation sites (tertiary alicyclic amines) is 1. The molecule has 1 aliphatic rings. The highest BCUT2D eigenvalue weighted by atomic mass is 16.5. The fourth-order valence-corrected chi connectivity index (χ4v) is 3.22. The fourth-order valence-electron chi connectivity index (χ4n) is 3.22. The number of methoxy groups -OCH3 is 1. The van der Waals surface area contributed by atoms with Crippen molar-refractivity contribution in [1.82, 2.24) is 9.80 Å². The van der Waals surface area contributed by atoms with Crippen LogP contribution in [0, 0.1) is 5.92 Å². The van der Waals surface area contributed by atoms with Crippen molar-refractivity contribution >= 4 is 11.8 Å². The Morgan fingerprint density at radius 3 is 2.40 bits per heavy atom. The van der Waals surface area contributed by atoms with Crippen molar-refractivity contribution in [2.45, 2.75) is 39.0 Å². The number of carbonyl (C=O) groups is 2. The third-order valence-corrected chi connectivity index (χ3v) is 4.93. The van der Waals surface area contributed by atoms with Gasteiger partial charge >= 0.3 is 0 Å². The molecule has 0 N–H and O–H groups in total. The molecule has 0 radical (unpaired) electrons. The van der Waals surface area contributed by atoms with E-state index in [2.05, 4.69) is 6.92 Å². The van der Waals surface area contributed by atoms with Crippen LogP contribution in [0.3, 0.4) is 0 Å². The van der Waals surface area contributed by atoms with Gasteiger partial charge in [0.2, 0.25) is 11.8 Å². The molecule has 0 unspecified atom stereocenters. The van der Waals surface area contributed by atoms with E-state index in [0.717, 1.165) is 43.5 Å². The van der Waals surface area contributed by atoms with Crippen LogP contribution >= 0.6 is 0 Å². The summed E-state index contributed by atoms with van der Waals surface area (Å²) in [4.78, 5) is 28.7. The molecule has 0 bridgehead atoms. The van der Waals surface area contributed by atoms with Gasteiger partial charge in [-0.05, 0) is 37.0 Å². The standard InChI is InChI=1S/C20H30N2O3/c1-4-5-12-21(2)20(24)17-10-13-22(14-11-17)19(23)15-16-6-8-18(25-3)9-7-16/h6-9,17H,4-5,10-15H2,1-3H3. The molecule has 1 aromatic rings. The highest BCUT2D eigenvalue weighted by Gasteiger charge is 2.28. The molecule has 1 aliphatic heterocycles. The van der Waals surface area contributed by atoms with Crippen molar-refractivity contribution in [3.8, 4) is 5.75 Å². The first kappa shape index (κ1) is 19.3. The summed E-state index contributed by atoms with van der Waals surface area (Å²) in [5, 5.41) is 0. The predicted octanol–water partition coefficient (Wildman–Crippen LogP) is 2.73. The molecule has 0 aliphatic carbocycles. The summed E-state index contributed by atoms with van der Waals surface area (Å²) >= 11 is 0. The molecule has 5 heteroatoms. The van der Waals surface area contributed by atoms with Crippen molar-refractivity contribution < 1.29 is 14.3 Å². The van der Waals surface area contributed by atoms with E-state index in [9.17, 15) is 9.59 Å². The van der Waals surface area contributed by atoms with Gasteiger partial charge in [0.1, 0.15) is 5.75 Å². The van der Waals surface area contributed by atoms with Gasteiger partial charge in [-0.15, -0.1) is 0 Å². The average molecular weight is 346 g/mol. The summed E-state index contributed by atoms with van der Waals surface area (Å²) in [6.45, 7) is 4.30. The third-order valence-electron chi connectivity index (χ3n) is 4.93. The van der Waals surface area contributed by atoms with E-state index >= 15 is 0 Å². The van der Waals surface area contributed by atoms with E-state index in [0.29, 0.717) is 19.5 Å². The van der Waals surface area contributed by atoms with Crippen molar-refractivity contribution in [1.29, 1.82) is 0 Å². The largest absolute Gasteiger partial charge is 0.497 e. The maximum atomic E-state index is 12.5. The minimum absolute atomic E-state index is 0.0619. The minimum Gasteiger partial charge on any atom is -0.497 e. The zero-order chi connectivity index (χ0) is 18.2. The predicted molar refractivity (Wildman–Crippen MR) is 98.5 cm³/mol. The Bertz CT molecular complexity index is 563. The number of hydrogen-bond donors (Lipinski definition) is 0. The molecular weight excluding hydrogens is 316 g/mol. The summed E-state index contributed by atoms with van der Waals surface area (Å²) in [5.41, 5.74) is 0.989. The highest BCUT2D eigenvalue weighted by Crippen LogP contribution is 2.21. The van der Waals surface area contributed by atoms with E-state index in [1.54, 1.807) is 7.11 Å². The van der Waals surface area contributed by atoms with Crippen molar-refractivity contribution in [3.63, 3.8) is 0 Å². The summed E-state index contributed by atoms with van der Waals surface area (Å²) in [6, 6.07) is 7.60. The summed E-state index contributed by atoms with van der Waals surface area (Å²) < 4.78 is 5.14. The second-order valence-corrected chi connectivity index (χ2v) is 6.79. The Labute approximate surface area is 150 Å². The Morgan fingerprint density at radius 2 is 1.84 bits per heavy atom. The topological polar surface area (TPSA) is 49.9 Å². The minimum atomic E-state index is 0.0619. The number of hydrogen-bond acceptors (Lipinski definition) is 3. The molecule has 1 heterocycles. The summed E-state index contributed by atoms with van der Waals surface area (Å²) in [7, 11) is 3.52. The second kappa shape index (κ2) is 9.44. The van der Waals surface area contributed by atoms with Crippen LogP contribution in [0.2, 0.25) is 0 Å². The quantitative estimate of drug-likeness (QED) is 0.763. The first-order chi connectivity index (χ1) is 12.0. The Hall–Kier alpha value is -2.04. The molecule has 1 fully saturated rings. The van der Waals surface area contributed by atoms with Crippen LogP contribution in [0.1, 0.15) is 38.2 Å². The lowest BCUT2D eigenvalue weighted by Crippen LogP contribution is -2.44. The lowest BCUT2D eigenvalue weighted by molar-refractivity contribution is -0.139. The molecule has 0 spiro atoms. The number of benzene rings is 1. The molecule has 25 heavy (non-hydrogen) atoms. The van der Waals surface area contributed by atoms with Crippen LogP contribution in [-0.4, -0.2) is 55.4 Å². The molecular formula is C20H30N2O3. The van der Waals surface area contributed by atoms with E-state index < -0.39 is 0 Å². The van der Waals surface area contributed by atoms with Gasteiger partial charge in [0.05, 0.1) is 13.5 Å². The molecule has 5 nitrogen and oxygen atoms in total. The highest BCUT2D eigenvalue weighted by molar-refractivity contribution is 5.81. The van der Waals surface area contributed by atoms with Crippen molar-refractivity contribution in [2.24, 2.45) is 5.92 Å². The van der Waals surface area contributed by atoms with Crippen LogP contribution in [0.15, 0.2) is 24.3 Å². The van der Waals surface area contributed by atoms with Gasteiger partial charge in [-0.1, -0.05) is 25.5 Å². The van der Waals surface area contributed by atoms with Gasteiger partial charge in [0, 0.05) is 32.6 Å². The number of carbonyl (C=O) groups excluding carboxylic acids is 2. The van der Waals surface area contributed by atoms with Crippen LogP contribution in [0.25, 0.3) is 0 Å². The lowest BCUT2D eigenvalue weighted by Gasteiger charge is -2.33. The van der Waals surface area contributed by atoms with E-state index in [1.807, 2.05) is 41.1 Å². The summed E-state index contributed by atoms with van der Waals surface area (Å²) in [5.74, 6) is 1.22. The van der Waals surface area contributed by atoms with Gasteiger partial charge in [-0.2, -0.15) is 0 Å². The number of piperidine rings is 1. The number of amides is 2. The second-order valence-electron chi connectivity index (χ2n) is 6.79. The number of unbranched alkanes of at least 4 members (excludes halogenated alkanes) is 1. The molecule has 0 aromatic heterocycles. The Morgan fingerprint density at radius 1 is 1.20 bits per heavy atom. The van der Waals surface area contributed by atoms with Crippen molar-refractivity contribution in [3.05, 3.63) is 29.8 Å². The molecule has 2 amide bonds. The van der Waals surface area contributed by atoms with Crippen LogP contribution in [-0.2, 0) is 16.0 Å². The third kappa shape index (κ3) is 5.48. The molecule has 138 valence electrons. The Kier molecular flexibility index (Phi) is 7.29. The normalized spacial score (nSPS) is 15.1. The monoisotopic (exact) mass is 346 g/mol. The zero-order valence-corrected chi connectivity index (χ0v) is 15.7. The Balaban J connectivity index is 1.80. The fraction of sp³-hybridized carbons (Fsp3) is 0.600. The maximum Gasteiger partial charge on any atom is 0.226 e. The smallest absolute Gasteiger partial charge is 0.226 e. The lowest BCUT2D eigenvalue weighted by atomic mass is 9.95. The van der Waals surface area contributed by atoms with Gasteiger partial charge < -0.3 is 14.5 Å². The van der Waals surface area contributed by atoms with E-state index in [1.165, 1.54) is 0 Å². The molecule has 0 saturated carbocycles. The number of rotatable bonds is 7. The average Bonchev–Trinajstić information content (AvgIpc) is 2.66. The van der Waals surface area contributed by atoms with Crippen LogP contribution < -0.4 is 4.74 Å². The van der Waals surface area contributed by atoms with Crippen LogP contribution in [0.5, 0.6) is 5.75 Å². The molecule has 0 atom stereocenters.